The van der Waals surface area contributed by atoms with Crippen molar-refractivity contribution in [3.63, 3.8) is 0 Å². The van der Waals surface area contributed by atoms with E-state index in [9.17, 15) is 9.18 Å². The van der Waals surface area contributed by atoms with Gasteiger partial charge in [0.1, 0.15) is 34.8 Å². The van der Waals surface area contributed by atoms with Crippen LogP contribution in [0.5, 0.6) is 0 Å². The van der Waals surface area contributed by atoms with Gasteiger partial charge in [-0.3, -0.25) is 4.79 Å². The maximum Gasteiger partial charge on any atom is 0.226 e. The Morgan fingerprint density at radius 3 is 2.76 bits per heavy atom. The predicted molar refractivity (Wildman–Crippen MR) is 124 cm³/mol. The van der Waals surface area contributed by atoms with Crippen LogP contribution >= 0.6 is 11.6 Å². The molecule has 0 spiro atoms. The van der Waals surface area contributed by atoms with E-state index in [1.54, 1.807) is 24.8 Å². The number of aliphatic imine (C=N–C) groups is 1. The van der Waals surface area contributed by atoms with Gasteiger partial charge in [-0.25, -0.2) is 19.4 Å². The number of amidine groups is 1. The maximum absolute atomic E-state index is 15.0. The third-order valence-electron chi connectivity index (χ3n) is 5.30. The third kappa shape index (κ3) is 4.90. The zero-order chi connectivity index (χ0) is 24.4. The van der Waals surface area contributed by atoms with Gasteiger partial charge in [0.05, 0.1) is 13.2 Å². The van der Waals surface area contributed by atoms with Crippen molar-refractivity contribution in [3.8, 4) is 11.3 Å². The van der Waals surface area contributed by atoms with E-state index in [0.717, 1.165) is 0 Å². The molecule has 0 N–H and O–H groups in total. The summed E-state index contributed by atoms with van der Waals surface area (Å²) in [5, 5.41) is 4.17. The number of aldehydes is 1. The van der Waals surface area contributed by atoms with Crippen LogP contribution in [-0.2, 0) is 4.74 Å². The Bertz CT molecular complexity index is 1250. The van der Waals surface area contributed by atoms with Crippen LogP contribution in [-0.4, -0.2) is 70.9 Å². The maximum atomic E-state index is 15.0. The number of hydrogen-bond acceptors (Lipinski definition) is 9. The minimum atomic E-state index is -0.588. The van der Waals surface area contributed by atoms with Gasteiger partial charge in [0.2, 0.25) is 17.7 Å². The monoisotopic (exact) mass is 487 g/mol. The molecule has 10 nitrogen and oxygen atoms in total. The zero-order valence-corrected chi connectivity index (χ0v) is 19.9. The van der Waals surface area contributed by atoms with E-state index >= 15 is 0 Å². The summed E-state index contributed by atoms with van der Waals surface area (Å²) in [6, 6.07) is 4.25. The fourth-order valence-electron chi connectivity index (χ4n) is 3.36. The number of aryl methyl sites for hydroxylation is 1. The molecule has 0 bridgehead atoms. The number of benzene rings is 1. The van der Waals surface area contributed by atoms with Gasteiger partial charge in [0.15, 0.2) is 6.29 Å². The topological polar surface area (TPSA) is 110 Å². The van der Waals surface area contributed by atoms with E-state index in [2.05, 4.69) is 25.1 Å². The van der Waals surface area contributed by atoms with Gasteiger partial charge in [-0.05, 0) is 25.1 Å². The summed E-state index contributed by atoms with van der Waals surface area (Å²) in [7, 11) is 3.62. The standard InChI is InChI=1S/C22H23ClFN7O3/c1-12(30(3)4)25-20-17(11-32)27-22(28-19(20)15-6-5-14(23)9-16(15)24)31-7-8-33-18(10-31)21-26-13(2)34-29-21/h5-6,9,11,18H,7-8,10H2,1-4H3. The van der Waals surface area contributed by atoms with E-state index < -0.39 is 11.9 Å². The van der Waals surface area contributed by atoms with Crippen molar-refractivity contribution in [2.45, 2.75) is 20.0 Å². The molecule has 1 atom stereocenters. The molecule has 3 aromatic rings. The summed E-state index contributed by atoms with van der Waals surface area (Å²) < 4.78 is 25.8. The van der Waals surface area contributed by atoms with Gasteiger partial charge in [0.25, 0.3) is 0 Å². The first-order chi connectivity index (χ1) is 16.3. The molecule has 1 saturated heterocycles. The molecule has 3 heterocycles. The number of halogens is 2. The third-order valence-corrected chi connectivity index (χ3v) is 5.53. The molecule has 0 saturated carbocycles. The normalized spacial score (nSPS) is 16.6. The first kappa shape index (κ1) is 23.7. The van der Waals surface area contributed by atoms with Crippen LogP contribution in [0.2, 0.25) is 5.02 Å². The van der Waals surface area contributed by atoms with Crippen LogP contribution in [0.4, 0.5) is 16.0 Å². The van der Waals surface area contributed by atoms with Crippen LogP contribution in [0.1, 0.15) is 35.2 Å². The Hall–Kier alpha value is -3.44. The van der Waals surface area contributed by atoms with Crippen molar-refractivity contribution in [2.24, 2.45) is 4.99 Å². The van der Waals surface area contributed by atoms with Gasteiger partial charge in [-0.1, -0.05) is 16.8 Å². The van der Waals surface area contributed by atoms with Crippen molar-refractivity contribution >= 4 is 35.4 Å². The molecule has 34 heavy (non-hydrogen) atoms. The molecule has 12 heteroatoms. The molecule has 178 valence electrons. The fraction of sp³-hybridized carbons (Fsp3) is 0.364. The van der Waals surface area contributed by atoms with Gasteiger partial charge >= 0.3 is 0 Å². The summed E-state index contributed by atoms with van der Waals surface area (Å²) in [4.78, 5) is 33.5. The second-order valence-corrected chi connectivity index (χ2v) is 8.32. The molecule has 2 aromatic heterocycles. The Morgan fingerprint density at radius 2 is 2.12 bits per heavy atom. The van der Waals surface area contributed by atoms with Crippen molar-refractivity contribution in [1.29, 1.82) is 0 Å². The molecule has 4 rings (SSSR count). The van der Waals surface area contributed by atoms with Crippen molar-refractivity contribution in [2.75, 3.05) is 38.7 Å². The fourth-order valence-corrected chi connectivity index (χ4v) is 3.52. The summed E-state index contributed by atoms with van der Waals surface area (Å²) >= 11 is 5.95. The number of carbonyl (C=O) groups is 1. The second-order valence-electron chi connectivity index (χ2n) is 7.88. The Balaban J connectivity index is 1.83. The quantitative estimate of drug-likeness (QED) is 0.302. The Morgan fingerprint density at radius 1 is 1.32 bits per heavy atom. The summed E-state index contributed by atoms with van der Waals surface area (Å²) in [6.45, 7) is 4.58. The number of aromatic nitrogens is 4. The lowest BCUT2D eigenvalue weighted by Gasteiger charge is -2.31. The lowest BCUT2D eigenvalue weighted by atomic mass is 10.1. The highest BCUT2D eigenvalue weighted by Crippen LogP contribution is 2.35. The Kier molecular flexibility index (Phi) is 6.85. The molecule has 1 unspecified atom stereocenters. The minimum Gasteiger partial charge on any atom is -0.366 e. The van der Waals surface area contributed by atoms with E-state index in [1.165, 1.54) is 12.1 Å². The van der Waals surface area contributed by atoms with Crippen molar-refractivity contribution in [1.82, 2.24) is 25.0 Å². The number of carbonyl (C=O) groups excluding carboxylic acids is 1. The number of hydrogen-bond donors (Lipinski definition) is 0. The first-order valence-electron chi connectivity index (χ1n) is 10.5. The van der Waals surface area contributed by atoms with Gasteiger partial charge in [-0.2, -0.15) is 4.98 Å². The molecular weight excluding hydrogens is 465 g/mol. The molecule has 1 aliphatic heterocycles. The molecular formula is C22H23ClFN7O3. The molecule has 0 amide bonds. The first-order valence-corrected chi connectivity index (χ1v) is 10.9. The number of anilines is 1. The van der Waals surface area contributed by atoms with Crippen LogP contribution in [0.15, 0.2) is 27.7 Å². The van der Waals surface area contributed by atoms with Gasteiger partial charge < -0.3 is 19.1 Å². The lowest BCUT2D eigenvalue weighted by molar-refractivity contribution is 0.0321. The smallest absolute Gasteiger partial charge is 0.226 e. The summed E-state index contributed by atoms with van der Waals surface area (Å²) in [5.41, 5.74) is 0.541. The van der Waals surface area contributed by atoms with Crippen molar-refractivity contribution in [3.05, 3.63) is 46.4 Å². The molecule has 0 aliphatic carbocycles. The highest BCUT2D eigenvalue weighted by molar-refractivity contribution is 6.30. The van der Waals surface area contributed by atoms with Crippen LogP contribution in [0, 0.1) is 12.7 Å². The molecule has 1 aromatic carbocycles. The zero-order valence-electron chi connectivity index (χ0n) is 19.1. The average Bonchev–Trinajstić information content (AvgIpc) is 3.25. The minimum absolute atomic E-state index is 0.0361. The molecule has 0 radical (unpaired) electrons. The number of ether oxygens (including phenoxy) is 1. The summed E-state index contributed by atoms with van der Waals surface area (Å²) in [6.07, 6.45) is 0.115. The predicted octanol–water partition coefficient (Wildman–Crippen LogP) is 3.63. The SMILES string of the molecule is CC(=Nc1c(C=O)nc(N2CCOC(c3noc(C)n3)C2)nc1-c1ccc(Cl)cc1F)N(C)C. The number of rotatable bonds is 5. The van der Waals surface area contributed by atoms with Crippen molar-refractivity contribution < 1.29 is 18.4 Å². The number of morpholine rings is 1. The lowest BCUT2D eigenvalue weighted by Crippen LogP contribution is -2.40. The largest absolute Gasteiger partial charge is 0.366 e. The number of nitrogens with zero attached hydrogens (tertiary/aromatic N) is 7. The van der Waals surface area contributed by atoms with Crippen LogP contribution in [0.25, 0.3) is 11.3 Å². The Labute approximate surface area is 200 Å². The van der Waals surface area contributed by atoms with E-state index in [-0.39, 0.29) is 33.6 Å². The second kappa shape index (κ2) is 9.82. The van der Waals surface area contributed by atoms with E-state index in [1.807, 2.05) is 19.0 Å². The molecule has 1 fully saturated rings. The highest BCUT2D eigenvalue weighted by Gasteiger charge is 2.29. The highest BCUT2D eigenvalue weighted by atomic mass is 35.5. The van der Waals surface area contributed by atoms with Gasteiger partial charge in [-0.15, -0.1) is 0 Å². The van der Waals surface area contributed by atoms with E-state index in [0.29, 0.717) is 43.5 Å². The van der Waals surface area contributed by atoms with E-state index in [4.69, 9.17) is 20.9 Å². The van der Waals surface area contributed by atoms with Crippen LogP contribution in [0.3, 0.4) is 0 Å². The van der Waals surface area contributed by atoms with Crippen LogP contribution < -0.4 is 4.90 Å². The average molecular weight is 488 g/mol. The van der Waals surface area contributed by atoms with Gasteiger partial charge in [0, 0.05) is 38.1 Å². The molecule has 1 aliphatic rings. The summed E-state index contributed by atoms with van der Waals surface area (Å²) in [5.74, 6) is 1.07.